The SMILES string of the molecule is CC(C)C(=O)COCCOCCCC(C)(C)C. The maximum atomic E-state index is 11.2. The molecule has 0 rings (SSSR count). The lowest BCUT2D eigenvalue weighted by molar-refractivity contribution is -0.127. The summed E-state index contributed by atoms with van der Waals surface area (Å²) >= 11 is 0. The Morgan fingerprint density at radius 2 is 1.65 bits per heavy atom. The predicted molar refractivity (Wildman–Crippen MR) is 70.2 cm³/mol. The van der Waals surface area contributed by atoms with Gasteiger partial charge in [-0.1, -0.05) is 34.6 Å². The molecule has 3 heteroatoms. The van der Waals surface area contributed by atoms with Gasteiger partial charge in [-0.05, 0) is 18.3 Å². The number of Topliss-reactive ketones (excluding diaryl/α,β-unsaturated/α-hetero) is 1. The van der Waals surface area contributed by atoms with Crippen molar-refractivity contribution in [2.45, 2.75) is 47.5 Å². The minimum absolute atomic E-state index is 0.0581. The average molecular weight is 244 g/mol. The van der Waals surface area contributed by atoms with Crippen LogP contribution < -0.4 is 0 Å². The molecule has 102 valence electrons. The molecular weight excluding hydrogens is 216 g/mol. The van der Waals surface area contributed by atoms with Crippen LogP contribution in [0.2, 0.25) is 0 Å². The molecule has 0 unspecified atom stereocenters. The van der Waals surface area contributed by atoms with Crippen LogP contribution >= 0.6 is 0 Å². The molecule has 0 saturated carbocycles. The van der Waals surface area contributed by atoms with Gasteiger partial charge >= 0.3 is 0 Å². The van der Waals surface area contributed by atoms with Crippen molar-refractivity contribution < 1.29 is 14.3 Å². The zero-order chi connectivity index (χ0) is 13.3. The highest BCUT2D eigenvalue weighted by molar-refractivity contribution is 5.81. The summed E-state index contributed by atoms with van der Waals surface area (Å²) in [4.78, 5) is 11.2. The van der Waals surface area contributed by atoms with Gasteiger partial charge in [0.15, 0.2) is 5.78 Å². The Kier molecular flexibility index (Phi) is 8.44. The standard InChI is InChI=1S/C14H28O3/c1-12(2)13(15)11-17-10-9-16-8-6-7-14(3,4)5/h12H,6-11H2,1-5H3. The third-order valence-corrected chi connectivity index (χ3v) is 2.48. The monoisotopic (exact) mass is 244 g/mol. The van der Waals surface area contributed by atoms with Crippen molar-refractivity contribution >= 4 is 5.78 Å². The molecule has 0 aliphatic carbocycles. The Balaban J connectivity index is 3.22. The summed E-state index contributed by atoms with van der Waals surface area (Å²) in [5, 5.41) is 0. The van der Waals surface area contributed by atoms with Gasteiger partial charge in [0.2, 0.25) is 0 Å². The van der Waals surface area contributed by atoms with E-state index in [9.17, 15) is 4.79 Å². The number of hydrogen-bond donors (Lipinski definition) is 0. The van der Waals surface area contributed by atoms with Gasteiger partial charge in [0.05, 0.1) is 13.2 Å². The fourth-order valence-electron chi connectivity index (χ4n) is 1.26. The van der Waals surface area contributed by atoms with Gasteiger partial charge in [-0.3, -0.25) is 4.79 Å². The largest absolute Gasteiger partial charge is 0.379 e. The van der Waals surface area contributed by atoms with Crippen LogP contribution in [0.1, 0.15) is 47.5 Å². The molecule has 0 aromatic carbocycles. The first-order chi connectivity index (χ1) is 7.83. The molecule has 0 aliphatic rings. The molecule has 17 heavy (non-hydrogen) atoms. The van der Waals surface area contributed by atoms with Gasteiger partial charge < -0.3 is 9.47 Å². The highest BCUT2D eigenvalue weighted by Crippen LogP contribution is 2.20. The molecular formula is C14H28O3. The van der Waals surface area contributed by atoms with Crippen molar-refractivity contribution in [3.05, 3.63) is 0 Å². The summed E-state index contributed by atoms with van der Waals surface area (Å²) in [5.74, 6) is 0.209. The second-order valence-corrected chi connectivity index (χ2v) is 5.95. The molecule has 0 saturated heterocycles. The molecule has 0 N–H and O–H groups in total. The summed E-state index contributed by atoms with van der Waals surface area (Å²) in [5.41, 5.74) is 0.379. The first kappa shape index (κ1) is 16.6. The van der Waals surface area contributed by atoms with E-state index < -0.39 is 0 Å². The third-order valence-electron chi connectivity index (χ3n) is 2.48. The Labute approximate surface area is 106 Å². The van der Waals surface area contributed by atoms with E-state index in [1.807, 2.05) is 13.8 Å². The van der Waals surface area contributed by atoms with Crippen LogP contribution in [-0.4, -0.2) is 32.2 Å². The van der Waals surface area contributed by atoms with Crippen molar-refractivity contribution in [1.29, 1.82) is 0 Å². The lowest BCUT2D eigenvalue weighted by atomic mass is 9.91. The van der Waals surface area contributed by atoms with Crippen molar-refractivity contribution in [1.82, 2.24) is 0 Å². The first-order valence-corrected chi connectivity index (χ1v) is 6.51. The first-order valence-electron chi connectivity index (χ1n) is 6.51. The van der Waals surface area contributed by atoms with Gasteiger partial charge in [0, 0.05) is 12.5 Å². The number of ether oxygens (including phenoxy) is 2. The second kappa shape index (κ2) is 8.65. The number of carbonyl (C=O) groups excluding carboxylic acids is 1. The molecule has 0 atom stereocenters. The van der Waals surface area contributed by atoms with E-state index in [1.165, 1.54) is 6.42 Å². The average Bonchev–Trinajstić information content (AvgIpc) is 2.19. The molecule has 0 aliphatic heterocycles. The van der Waals surface area contributed by atoms with Gasteiger partial charge in [-0.2, -0.15) is 0 Å². The van der Waals surface area contributed by atoms with Crippen molar-refractivity contribution in [3.63, 3.8) is 0 Å². The van der Waals surface area contributed by atoms with Gasteiger partial charge in [-0.25, -0.2) is 0 Å². The fourth-order valence-corrected chi connectivity index (χ4v) is 1.26. The molecule has 0 amide bonds. The Hall–Kier alpha value is -0.410. The van der Waals surface area contributed by atoms with Crippen LogP contribution in [0.25, 0.3) is 0 Å². The molecule has 0 spiro atoms. The maximum absolute atomic E-state index is 11.2. The number of hydrogen-bond acceptors (Lipinski definition) is 3. The summed E-state index contributed by atoms with van der Waals surface area (Å²) in [6.45, 7) is 12.5. The molecule has 0 radical (unpaired) electrons. The van der Waals surface area contributed by atoms with Crippen LogP contribution in [-0.2, 0) is 14.3 Å². The summed E-state index contributed by atoms with van der Waals surface area (Å²) < 4.78 is 10.7. The van der Waals surface area contributed by atoms with Gasteiger partial charge in [0.1, 0.15) is 6.61 Å². The van der Waals surface area contributed by atoms with E-state index in [0.29, 0.717) is 18.6 Å². The maximum Gasteiger partial charge on any atom is 0.160 e. The highest BCUT2D eigenvalue weighted by Gasteiger charge is 2.09. The molecule has 0 aromatic heterocycles. The molecule has 0 aromatic rings. The highest BCUT2D eigenvalue weighted by atomic mass is 16.5. The molecule has 3 nitrogen and oxygen atoms in total. The summed E-state index contributed by atoms with van der Waals surface area (Å²) in [7, 11) is 0. The van der Waals surface area contributed by atoms with Crippen LogP contribution in [0.15, 0.2) is 0 Å². The Bertz CT molecular complexity index is 204. The van der Waals surface area contributed by atoms with E-state index in [4.69, 9.17) is 9.47 Å². The normalized spacial score (nSPS) is 12.1. The topological polar surface area (TPSA) is 35.5 Å². The van der Waals surface area contributed by atoms with E-state index in [1.54, 1.807) is 0 Å². The molecule has 0 bridgehead atoms. The smallest absolute Gasteiger partial charge is 0.160 e. The fraction of sp³-hybridized carbons (Fsp3) is 0.929. The Morgan fingerprint density at radius 3 is 2.18 bits per heavy atom. The van der Waals surface area contributed by atoms with Gasteiger partial charge in [-0.15, -0.1) is 0 Å². The van der Waals surface area contributed by atoms with Crippen LogP contribution in [0.3, 0.4) is 0 Å². The minimum atomic E-state index is 0.0581. The minimum Gasteiger partial charge on any atom is -0.379 e. The summed E-state index contributed by atoms with van der Waals surface area (Å²) in [6.07, 6.45) is 2.24. The Morgan fingerprint density at radius 1 is 1.06 bits per heavy atom. The third kappa shape index (κ3) is 11.8. The predicted octanol–water partition coefficient (Wildman–Crippen LogP) is 3.07. The quantitative estimate of drug-likeness (QED) is 0.585. The zero-order valence-corrected chi connectivity index (χ0v) is 12.0. The number of ketones is 1. The van der Waals surface area contributed by atoms with Crippen molar-refractivity contribution in [2.24, 2.45) is 11.3 Å². The second-order valence-electron chi connectivity index (χ2n) is 5.95. The lowest BCUT2D eigenvalue weighted by Crippen LogP contribution is -2.17. The van der Waals surface area contributed by atoms with Gasteiger partial charge in [0.25, 0.3) is 0 Å². The summed E-state index contributed by atoms with van der Waals surface area (Å²) in [6, 6.07) is 0. The van der Waals surface area contributed by atoms with E-state index in [2.05, 4.69) is 20.8 Å². The molecule has 0 heterocycles. The van der Waals surface area contributed by atoms with E-state index in [0.717, 1.165) is 13.0 Å². The number of rotatable bonds is 9. The van der Waals surface area contributed by atoms with Crippen molar-refractivity contribution in [3.8, 4) is 0 Å². The molecule has 0 fully saturated rings. The van der Waals surface area contributed by atoms with Crippen molar-refractivity contribution in [2.75, 3.05) is 26.4 Å². The zero-order valence-electron chi connectivity index (χ0n) is 12.0. The van der Waals surface area contributed by atoms with Crippen LogP contribution in [0, 0.1) is 11.3 Å². The van der Waals surface area contributed by atoms with E-state index in [-0.39, 0.29) is 18.3 Å². The van der Waals surface area contributed by atoms with Crippen LogP contribution in [0.5, 0.6) is 0 Å². The number of carbonyl (C=O) groups is 1. The lowest BCUT2D eigenvalue weighted by Gasteiger charge is -2.17. The van der Waals surface area contributed by atoms with Crippen LogP contribution in [0.4, 0.5) is 0 Å². The van der Waals surface area contributed by atoms with E-state index >= 15 is 0 Å².